The van der Waals surface area contributed by atoms with Gasteiger partial charge in [-0.2, -0.15) is 0 Å². The van der Waals surface area contributed by atoms with Gasteiger partial charge in [0, 0.05) is 32.6 Å². The second-order valence-corrected chi connectivity index (χ2v) is 5.49. The molecule has 0 aliphatic heterocycles. The van der Waals surface area contributed by atoms with E-state index in [9.17, 15) is 0 Å². The lowest BCUT2D eigenvalue weighted by Gasteiger charge is -2.48. The molecule has 106 valence electrons. The predicted octanol–water partition coefficient (Wildman–Crippen LogP) is 1.80. The summed E-state index contributed by atoms with van der Waals surface area (Å²) in [6.45, 7) is 1.53. The SMILES string of the molecule is COC1CCCCC1(CN)N(C)Cc1ccncc1. The minimum Gasteiger partial charge on any atom is -0.379 e. The maximum atomic E-state index is 6.12. The van der Waals surface area contributed by atoms with E-state index < -0.39 is 0 Å². The molecule has 2 unspecified atom stereocenters. The van der Waals surface area contributed by atoms with Crippen LogP contribution in [0.15, 0.2) is 24.5 Å². The molecule has 0 aromatic carbocycles. The minimum atomic E-state index is -0.0315. The molecule has 19 heavy (non-hydrogen) atoms. The van der Waals surface area contributed by atoms with Gasteiger partial charge in [-0.25, -0.2) is 0 Å². The maximum absolute atomic E-state index is 6.12. The highest BCUT2D eigenvalue weighted by Gasteiger charge is 2.43. The second-order valence-electron chi connectivity index (χ2n) is 5.49. The molecule has 0 saturated heterocycles. The van der Waals surface area contributed by atoms with Gasteiger partial charge in [-0.05, 0) is 37.6 Å². The zero-order chi connectivity index (χ0) is 13.7. The van der Waals surface area contributed by atoms with Crippen molar-refractivity contribution in [1.29, 1.82) is 0 Å². The number of hydrogen-bond donors (Lipinski definition) is 1. The molecule has 1 aromatic heterocycles. The zero-order valence-electron chi connectivity index (χ0n) is 12.0. The van der Waals surface area contributed by atoms with E-state index in [1.165, 1.54) is 18.4 Å². The number of likely N-dealkylation sites (N-methyl/N-ethyl adjacent to an activating group) is 1. The van der Waals surface area contributed by atoms with Gasteiger partial charge in [-0.3, -0.25) is 9.88 Å². The van der Waals surface area contributed by atoms with Crippen molar-refractivity contribution in [3.63, 3.8) is 0 Å². The number of methoxy groups -OCH3 is 1. The fraction of sp³-hybridized carbons (Fsp3) is 0.667. The summed E-state index contributed by atoms with van der Waals surface area (Å²) in [7, 11) is 3.96. The molecular weight excluding hydrogens is 238 g/mol. The van der Waals surface area contributed by atoms with Crippen LogP contribution < -0.4 is 5.73 Å². The van der Waals surface area contributed by atoms with Crippen molar-refractivity contribution in [1.82, 2.24) is 9.88 Å². The molecule has 1 aromatic rings. The van der Waals surface area contributed by atoms with E-state index in [1.54, 1.807) is 7.11 Å². The van der Waals surface area contributed by atoms with E-state index in [2.05, 4.69) is 29.1 Å². The zero-order valence-corrected chi connectivity index (χ0v) is 12.0. The van der Waals surface area contributed by atoms with Crippen LogP contribution in [0.2, 0.25) is 0 Å². The summed E-state index contributed by atoms with van der Waals surface area (Å²) < 4.78 is 5.72. The van der Waals surface area contributed by atoms with Crippen LogP contribution in [0.5, 0.6) is 0 Å². The van der Waals surface area contributed by atoms with Gasteiger partial charge in [0.15, 0.2) is 0 Å². The lowest BCUT2D eigenvalue weighted by molar-refractivity contribution is -0.0688. The van der Waals surface area contributed by atoms with Crippen molar-refractivity contribution < 1.29 is 4.74 Å². The molecule has 1 saturated carbocycles. The van der Waals surface area contributed by atoms with Crippen LogP contribution in [-0.2, 0) is 11.3 Å². The average Bonchev–Trinajstić information content (AvgIpc) is 2.47. The summed E-state index contributed by atoms with van der Waals surface area (Å²) in [6.07, 6.45) is 8.61. The molecule has 2 atom stereocenters. The molecule has 2 N–H and O–H groups in total. The highest BCUT2D eigenvalue weighted by Crippen LogP contribution is 2.35. The van der Waals surface area contributed by atoms with Gasteiger partial charge in [0.25, 0.3) is 0 Å². The highest BCUT2D eigenvalue weighted by molar-refractivity contribution is 5.11. The molecule has 0 radical (unpaired) electrons. The van der Waals surface area contributed by atoms with E-state index >= 15 is 0 Å². The second kappa shape index (κ2) is 6.46. The Hall–Kier alpha value is -0.970. The summed E-state index contributed by atoms with van der Waals surface area (Å²) >= 11 is 0. The van der Waals surface area contributed by atoms with Crippen LogP contribution in [0.4, 0.5) is 0 Å². The van der Waals surface area contributed by atoms with Crippen LogP contribution in [0.25, 0.3) is 0 Å². The van der Waals surface area contributed by atoms with Gasteiger partial charge < -0.3 is 10.5 Å². The normalized spacial score (nSPS) is 27.7. The summed E-state index contributed by atoms with van der Waals surface area (Å²) in [6, 6.07) is 4.12. The molecule has 0 amide bonds. The number of nitrogens with zero attached hydrogens (tertiary/aromatic N) is 2. The van der Waals surface area contributed by atoms with Gasteiger partial charge >= 0.3 is 0 Å². The Morgan fingerprint density at radius 1 is 1.42 bits per heavy atom. The van der Waals surface area contributed by atoms with Crippen molar-refractivity contribution in [2.45, 2.75) is 43.9 Å². The molecule has 1 aliphatic rings. The van der Waals surface area contributed by atoms with E-state index in [0.717, 1.165) is 19.4 Å². The minimum absolute atomic E-state index is 0.0315. The Morgan fingerprint density at radius 2 is 2.16 bits per heavy atom. The first-order valence-corrected chi connectivity index (χ1v) is 7.06. The first-order valence-electron chi connectivity index (χ1n) is 7.06. The number of pyridine rings is 1. The molecular formula is C15H25N3O. The lowest BCUT2D eigenvalue weighted by atomic mass is 9.77. The number of rotatable bonds is 5. The van der Waals surface area contributed by atoms with Crippen LogP contribution in [0.1, 0.15) is 31.2 Å². The molecule has 2 rings (SSSR count). The Balaban J connectivity index is 2.15. The summed E-state index contributed by atoms with van der Waals surface area (Å²) in [5.74, 6) is 0. The summed E-state index contributed by atoms with van der Waals surface area (Å²) in [4.78, 5) is 6.44. The van der Waals surface area contributed by atoms with Crippen molar-refractivity contribution in [3.8, 4) is 0 Å². The van der Waals surface area contributed by atoms with Gasteiger partial charge in [0.1, 0.15) is 0 Å². The Labute approximate surface area is 116 Å². The van der Waals surface area contributed by atoms with Gasteiger partial charge in [0.2, 0.25) is 0 Å². The Bertz CT molecular complexity index is 384. The smallest absolute Gasteiger partial charge is 0.0767 e. The van der Waals surface area contributed by atoms with Crippen molar-refractivity contribution >= 4 is 0 Å². The van der Waals surface area contributed by atoms with Crippen LogP contribution in [0.3, 0.4) is 0 Å². The molecule has 4 heteroatoms. The van der Waals surface area contributed by atoms with E-state index in [-0.39, 0.29) is 11.6 Å². The first-order chi connectivity index (χ1) is 9.23. The summed E-state index contributed by atoms with van der Waals surface area (Å²) in [5, 5.41) is 0. The quantitative estimate of drug-likeness (QED) is 0.880. The highest BCUT2D eigenvalue weighted by atomic mass is 16.5. The number of aromatic nitrogens is 1. The third-order valence-electron chi connectivity index (χ3n) is 4.49. The number of hydrogen-bond acceptors (Lipinski definition) is 4. The molecule has 1 heterocycles. The number of ether oxygens (including phenoxy) is 1. The molecule has 4 nitrogen and oxygen atoms in total. The third kappa shape index (κ3) is 2.96. The first kappa shape index (κ1) is 14.4. The Kier molecular flexibility index (Phi) is 4.91. The fourth-order valence-electron chi connectivity index (χ4n) is 3.27. The van der Waals surface area contributed by atoms with Crippen LogP contribution in [-0.4, -0.2) is 42.2 Å². The van der Waals surface area contributed by atoms with Crippen LogP contribution in [0, 0.1) is 0 Å². The van der Waals surface area contributed by atoms with Gasteiger partial charge in [0.05, 0.1) is 11.6 Å². The standard InChI is InChI=1S/C15H25N3O/c1-18(11-13-6-9-17-10-7-13)15(12-16)8-4-3-5-14(15)19-2/h6-7,9-10,14H,3-5,8,11-12,16H2,1-2H3. The van der Waals surface area contributed by atoms with E-state index in [4.69, 9.17) is 10.5 Å². The maximum Gasteiger partial charge on any atom is 0.0767 e. The van der Waals surface area contributed by atoms with Gasteiger partial charge in [-0.1, -0.05) is 12.8 Å². The third-order valence-corrected chi connectivity index (χ3v) is 4.49. The molecule has 1 aliphatic carbocycles. The van der Waals surface area contributed by atoms with Gasteiger partial charge in [-0.15, -0.1) is 0 Å². The number of nitrogens with two attached hydrogens (primary N) is 1. The largest absolute Gasteiger partial charge is 0.379 e. The van der Waals surface area contributed by atoms with Crippen molar-refractivity contribution in [2.75, 3.05) is 20.7 Å². The van der Waals surface area contributed by atoms with Crippen molar-refractivity contribution in [2.24, 2.45) is 5.73 Å². The van der Waals surface area contributed by atoms with E-state index in [1.807, 2.05) is 12.4 Å². The van der Waals surface area contributed by atoms with Crippen molar-refractivity contribution in [3.05, 3.63) is 30.1 Å². The molecule has 0 spiro atoms. The summed E-state index contributed by atoms with van der Waals surface area (Å²) in [5.41, 5.74) is 7.36. The topological polar surface area (TPSA) is 51.4 Å². The Morgan fingerprint density at radius 3 is 2.79 bits per heavy atom. The monoisotopic (exact) mass is 263 g/mol. The lowest BCUT2D eigenvalue weighted by Crippen LogP contribution is -2.61. The van der Waals surface area contributed by atoms with E-state index in [0.29, 0.717) is 6.54 Å². The predicted molar refractivity (Wildman–Crippen MR) is 76.8 cm³/mol. The fourth-order valence-corrected chi connectivity index (χ4v) is 3.27. The molecule has 1 fully saturated rings. The molecule has 0 bridgehead atoms. The average molecular weight is 263 g/mol. The van der Waals surface area contributed by atoms with Crippen LogP contribution >= 0.6 is 0 Å².